The van der Waals surface area contributed by atoms with E-state index >= 15 is 0 Å². The molecular formula is C23H22BrFN6O. The minimum absolute atomic E-state index is 0.0891. The van der Waals surface area contributed by atoms with Crippen molar-refractivity contribution in [3.05, 3.63) is 52.9 Å². The van der Waals surface area contributed by atoms with Crippen LogP contribution in [0.3, 0.4) is 0 Å². The van der Waals surface area contributed by atoms with E-state index in [0.717, 1.165) is 24.6 Å². The average Bonchev–Trinajstić information content (AvgIpc) is 3.33. The second kappa shape index (κ2) is 7.88. The average molecular weight is 497 g/mol. The van der Waals surface area contributed by atoms with Gasteiger partial charge in [0.15, 0.2) is 11.5 Å². The highest BCUT2D eigenvalue weighted by Gasteiger charge is 2.40. The SMILES string of the molecule is CNC(=O)[C@]1(C)CC[C@@H](Cc2ncc3c(Br)nn(-c4cc(F)c5ncccc5c4)c3n2)C1. The minimum atomic E-state index is -0.411. The lowest BCUT2D eigenvalue weighted by atomic mass is 9.86. The molecule has 1 aliphatic carbocycles. The van der Waals surface area contributed by atoms with Gasteiger partial charge in [0.05, 0.1) is 11.1 Å². The first-order valence-electron chi connectivity index (χ1n) is 10.5. The van der Waals surface area contributed by atoms with Crippen LogP contribution in [0.2, 0.25) is 0 Å². The summed E-state index contributed by atoms with van der Waals surface area (Å²) in [6.07, 6.45) is 6.62. The van der Waals surface area contributed by atoms with Crippen LogP contribution in [-0.2, 0) is 11.2 Å². The summed E-state index contributed by atoms with van der Waals surface area (Å²) in [5.41, 5.74) is 1.15. The Labute approximate surface area is 192 Å². The van der Waals surface area contributed by atoms with Gasteiger partial charge in [0.25, 0.3) is 0 Å². The Morgan fingerprint density at radius 3 is 3.03 bits per heavy atom. The van der Waals surface area contributed by atoms with Gasteiger partial charge in [0.2, 0.25) is 5.91 Å². The monoisotopic (exact) mass is 496 g/mol. The lowest BCUT2D eigenvalue weighted by molar-refractivity contribution is -0.129. The van der Waals surface area contributed by atoms with Crippen LogP contribution >= 0.6 is 15.9 Å². The molecule has 1 aromatic carbocycles. The smallest absolute Gasteiger partial charge is 0.225 e. The van der Waals surface area contributed by atoms with E-state index in [1.807, 2.05) is 19.1 Å². The molecule has 32 heavy (non-hydrogen) atoms. The Hall–Kier alpha value is -2.94. The van der Waals surface area contributed by atoms with Crippen molar-refractivity contribution in [3.8, 4) is 5.69 Å². The summed E-state index contributed by atoms with van der Waals surface area (Å²) in [4.78, 5) is 25.7. The largest absolute Gasteiger partial charge is 0.359 e. The number of benzene rings is 1. The summed E-state index contributed by atoms with van der Waals surface area (Å²) >= 11 is 3.47. The number of halogens is 2. The molecule has 7 nitrogen and oxygen atoms in total. The number of hydrogen-bond donors (Lipinski definition) is 1. The Morgan fingerprint density at radius 2 is 2.22 bits per heavy atom. The Morgan fingerprint density at radius 1 is 1.38 bits per heavy atom. The molecule has 0 aliphatic heterocycles. The van der Waals surface area contributed by atoms with E-state index in [0.29, 0.717) is 45.0 Å². The van der Waals surface area contributed by atoms with Gasteiger partial charge in [-0.2, -0.15) is 5.10 Å². The molecule has 3 heterocycles. The summed E-state index contributed by atoms with van der Waals surface area (Å²) in [6, 6.07) is 6.86. The Kier molecular flexibility index (Phi) is 5.16. The van der Waals surface area contributed by atoms with Crippen LogP contribution in [-0.4, -0.2) is 37.7 Å². The quantitative estimate of drug-likeness (QED) is 0.453. The molecular weight excluding hydrogens is 475 g/mol. The fourth-order valence-corrected chi connectivity index (χ4v) is 5.18. The molecule has 9 heteroatoms. The lowest BCUT2D eigenvalue weighted by Gasteiger charge is -2.21. The zero-order valence-corrected chi connectivity index (χ0v) is 19.4. The third-order valence-corrected chi connectivity index (χ3v) is 6.99. The first-order valence-corrected chi connectivity index (χ1v) is 11.3. The third kappa shape index (κ3) is 3.54. The highest BCUT2D eigenvalue weighted by molar-refractivity contribution is 9.10. The van der Waals surface area contributed by atoms with Crippen LogP contribution in [0.15, 0.2) is 41.3 Å². The lowest BCUT2D eigenvalue weighted by Crippen LogP contribution is -2.35. The van der Waals surface area contributed by atoms with Crippen molar-refractivity contribution >= 4 is 43.8 Å². The van der Waals surface area contributed by atoms with Crippen LogP contribution in [0.5, 0.6) is 0 Å². The van der Waals surface area contributed by atoms with Gasteiger partial charge in [-0.05, 0) is 53.2 Å². The number of rotatable bonds is 4. The van der Waals surface area contributed by atoms with E-state index < -0.39 is 5.82 Å². The Bertz CT molecular complexity index is 1360. The van der Waals surface area contributed by atoms with Gasteiger partial charge in [-0.25, -0.2) is 19.0 Å². The molecule has 0 radical (unpaired) electrons. The van der Waals surface area contributed by atoms with E-state index in [1.54, 1.807) is 30.2 Å². The second-order valence-electron chi connectivity index (χ2n) is 8.68. The number of aromatic nitrogens is 5. The predicted molar refractivity (Wildman–Crippen MR) is 123 cm³/mol. The van der Waals surface area contributed by atoms with Gasteiger partial charge >= 0.3 is 0 Å². The highest BCUT2D eigenvalue weighted by atomic mass is 79.9. The van der Waals surface area contributed by atoms with Crippen LogP contribution in [0, 0.1) is 17.2 Å². The van der Waals surface area contributed by atoms with Gasteiger partial charge in [0, 0.05) is 42.7 Å². The topological polar surface area (TPSA) is 85.6 Å². The van der Waals surface area contributed by atoms with Crippen molar-refractivity contribution in [2.75, 3.05) is 7.05 Å². The fraction of sp³-hybridized carbons (Fsp3) is 0.348. The van der Waals surface area contributed by atoms with Crippen molar-refractivity contribution in [2.24, 2.45) is 11.3 Å². The molecule has 164 valence electrons. The van der Waals surface area contributed by atoms with E-state index in [9.17, 15) is 9.18 Å². The molecule has 0 spiro atoms. The maximum Gasteiger partial charge on any atom is 0.225 e. The third-order valence-electron chi connectivity index (χ3n) is 6.41. The summed E-state index contributed by atoms with van der Waals surface area (Å²) < 4.78 is 16.9. The summed E-state index contributed by atoms with van der Waals surface area (Å²) in [5, 5.41) is 8.75. The standard InChI is InChI=1S/C23H22BrFN6O/c1-23(22(32)26-2)6-5-13(11-23)8-18-28-12-16-20(24)30-31(21(16)29-18)15-9-14-4-3-7-27-19(14)17(25)10-15/h3-4,7,9-10,12-13H,5-6,8,11H2,1-2H3,(H,26,32)/t13-,23+/m0/s1. The number of carbonyl (C=O) groups is 1. The molecule has 1 saturated carbocycles. The van der Waals surface area contributed by atoms with Crippen LogP contribution in [0.4, 0.5) is 4.39 Å². The Balaban J connectivity index is 1.50. The number of amides is 1. The molecule has 1 amide bonds. The van der Waals surface area contributed by atoms with E-state index in [-0.39, 0.29) is 11.3 Å². The van der Waals surface area contributed by atoms with Gasteiger partial charge in [0.1, 0.15) is 15.9 Å². The molecule has 4 aromatic rings. The molecule has 3 aromatic heterocycles. The maximum atomic E-state index is 14.7. The predicted octanol–water partition coefficient (Wildman–Crippen LogP) is 4.36. The maximum absolute atomic E-state index is 14.7. The van der Waals surface area contributed by atoms with Crippen LogP contribution < -0.4 is 5.32 Å². The van der Waals surface area contributed by atoms with Crippen LogP contribution in [0.25, 0.3) is 27.6 Å². The summed E-state index contributed by atoms with van der Waals surface area (Å²) in [6.45, 7) is 2.02. The van der Waals surface area contributed by atoms with Crippen molar-refractivity contribution in [2.45, 2.75) is 32.6 Å². The minimum Gasteiger partial charge on any atom is -0.359 e. The first-order chi connectivity index (χ1) is 15.4. The van der Waals surface area contributed by atoms with Gasteiger partial charge in [-0.15, -0.1) is 0 Å². The highest BCUT2D eigenvalue weighted by Crippen LogP contribution is 2.42. The van der Waals surface area contributed by atoms with Crippen LogP contribution in [0.1, 0.15) is 32.0 Å². The normalized spacial score (nSPS) is 20.8. The molecule has 0 unspecified atom stereocenters. The fourth-order valence-electron chi connectivity index (χ4n) is 4.74. The summed E-state index contributed by atoms with van der Waals surface area (Å²) in [7, 11) is 1.68. The first kappa shape index (κ1) is 20.9. The van der Waals surface area contributed by atoms with E-state index in [4.69, 9.17) is 4.98 Å². The zero-order valence-electron chi connectivity index (χ0n) is 17.8. The van der Waals surface area contributed by atoms with Crippen molar-refractivity contribution in [1.82, 2.24) is 30.0 Å². The number of pyridine rings is 1. The molecule has 0 bridgehead atoms. The molecule has 1 fully saturated rings. The molecule has 2 atom stereocenters. The molecule has 5 rings (SSSR count). The van der Waals surface area contributed by atoms with E-state index in [1.165, 1.54) is 6.07 Å². The second-order valence-corrected chi connectivity index (χ2v) is 9.43. The van der Waals surface area contributed by atoms with Crippen molar-refractivity contribution < 1.29 is 9.18 Å². The number of hydrogen-bond acceptors (Lipinski definition) is 5. The number of nitrogens with zero attached hydrogens (tertiary/aromatic N) is 5. The van der Waals surface area contributed by atoms with Gasteiger partial charge in [-0.3, -0.25) is 9.78 Å². The number of nitrogens with one attached hydrogen (secondary N) is 1. The van der Waals surface area contributed by atoms with Crippen molar-refractivity contribution in [1.29, 1.82) is 0 Å². The number of carbonyl (C=O) groups excluding carboxylic acids is 1. The van der Waals surface area contributed by atoms with Crippen molar-refractivity contribution in [3.63, 3.8) is 0 Å². The summed E-state index contributed by atoms with van der Waals surface area (Å²) in [5.74, 6) is 0.705. The zero-order chi connectivity index (χ0) is 22.5. The van der Waals surface area contributed by atoms with Gasteiger partial charge < -0.3 is 5.32 Å². The molecule has 1 aliphatic rings. The molecule has 0 saturated heterocycles. The van der Waals surface area contributed by atoms with E-state index in [2.05, 4.69) is 36.3 Å². The van der Waals surface area contributed by atoms with Gasteiger partial charge in [-0.1, -0.05) is 13.0 Å². The number of fused-ring (bicyclic) bond motifs is 2. The molecule has 1 N–H and O–H groups in total.